The molecule has 0 aliphatic heterocycles. The Kier molecular flexibility index (Phi) is 6.15. The lowest BCUT2D eigenvalue weighted by molar-refractivity contribution is -0.0329. The summed E-state index contributed by atoms with van der Waals surface area (Å²) in [6, 6.07) is 1.72. The van der Waals surface area contributed by atoms with Crippen molar-refractivity contribution >= 4 is 17.4 Å². The first kappa shape index (κ1) is 15.9. The molecule has 0 amide bonds. The van der Waals surface area contributed by atoms with E-state index in [1.54, 1.807) is 0 Å². The molecule has 0 heterocycles. The van der Waals surface area contributed by atoms with Gasteiger partial charge in [-0.1, -0.05) is 13.8 Å². The van der Waals surface area contributed by atoms with E-state index in [-0.39, 0.29) is 11.4 Å². The minimum absolute atomic E-state index is 0.0168. The molecule has 1 aromatic carbocycles. The Labute approximate surface area is 101 Å². The van der Waals surface area contributed by atoms with Gasteiger partial charge in [-0.2, -0.15) is 13.2 Å². The van der Waals surface area contributed by atoms with Crippen LogP contribution >= 0.6 is 11.8 Å². The maximum Gasteiger partial charge on any atom is 0.446 e. The molecule has 0 spiro atoms. The van der Waals surface area contributed by atoms with Crippen molar-refractivity contribution in [3.05, 3.63) is 17.9 Å². The highest BCUT2D eigenvalue weighted by Crippen LogP contribution is 2.40. The molecule has 1 aromatic rings. The summed E-state index contributed by atoms with van der Waals surface area (Å²) in [5.74, 6) is -1.00. The van der Waals surface area contributed by atoms with Crippen LogP contribution in [0.2, 0.25) is 0 Å². The third-order valence-electron chi connectivity index (χ3n) is 1.51. The summed E-state index contributed by atoms with van der Waals surface area (Å²) in [6.45, 7) is 4.00. The van der Waals surface area contributed by atoms with Crippen LogP contribution in [0.15, 0.2) is 17.0 Å². The van der Waals surface area contributed by atoms with Gasteiger partial charge in [0.1, 0.15) is 11.6 Å². The van der Waals surface area contributed by atoms with Gasteiger partial charge in [0.05, 0.1) is 17.7 Å². The Morgan fingerprint density at radius 2 is 1.76 bits per heavy atom. The van der Waals surface area contributed by atoms with Gasteiger partial charge in [-0.3, -0.25) is 0 Å². The zero-order chi connectivity index (χ0) is 13.6. The second-order valence-electron chi connectivity index (χ2n) is 2.57. The molecule has 0 saturated carbocycles. The molecule has 1 rings (SSSR count). The lowest BCUT2D eigenvalue weighted by Gasteiger charge is -2.10. The smallest absolute Gasteiger partial charge is 0.446 e. The monoisotopic (exact) mass is 271 g/mol. The van der Waals surface area contributed by atoms with Crippen molar-refractivity contribution in [2.24, 2.45) is 0 Å². The van der Waals surface area contributed by atoms with E-state index in [2.05, 4.69) is 4.74 Å². The van der Waals surface area contributed by atoms with Crippen LogP contribution < -0.4 is 10.5 Å². The number of methoxy groups -OCH3 is 1. The number of ether oxygens (including phenoxy) is 1. The van der Waals surface area contributed by atoms with Crippen LogP contribution in [-0.2, 0) is 0 Å². The minimum atomic E-state index is -4.54. The Balaban J connectivity index is 0.00000121. The van der Waals surface area contributed by atoms with Gasteiger partial charge in [-0.25, -0.2) is 4.39 Å². The standard InChI is InChI=1S/C8H7F4NOS.C2H6/c1-14-6-3-7(15-8(10,11)12)4(9)2-5(6)13;1-2/h2-3H,13H2,1H3;1-2H3. The molecular weight excluding hydrogens is 258 g/mol. The number of nitrogens with two attached hydrogens (primary N) is 1. The highest BCUT2D eigenvalue weighted by Gasteiger charge is 2.31. The van der Waals surface area contributed by atoms with E-state index in [1.165, 1.54) is 7.11 Å². The molecule has 0 radical (unpaired) electrons. The van der Waals surface area contributed by atoms with E-state index in [4.69, 9.17) is 5.73 Å². The van der Waals surface area contributed by atoms with E-state index in [9.17, 15) is 17.6 Å². The van der Waals surface area contributed by atoms with Gasteiger partial charge >= 0.3 is 5.51 Å². The van der Waals surface area contributed by atoms with E-state index < -0.39 is 28.0 Å². The van der Waals surface area contributed by atoms with E-state index in [1.807, 2.05) is 13.8 Å². The molecule has 0 atom stereocenters. The van der Waals surface area contributed by atoms with E-state index in [0.29, 0.717) is 0 Å². The molecule has 0 aromatic heterocycles. The summed E-state index contributed by atoms with van der Waals surface area (Å²) in [5, 5.41) is 0. The van der Waals surface area contributed by atoms with Gasteiger partial charge in [0.2, 0.25) is 0 Å². The zero-order valence-electron chi connectivity index (χ0n) is 9.56. The number of thioether (sulfide) groups is 1. The summed E-state index contributed by atoms with van der Waals surface area (Å²) in [6.07, 6.45) is 0. The predicted molar refractivity (Wildman–Crippen MR) is 60.6 cm³/mol. The van der Waals surface area contributed by atoms with Crippen molar-refractivity contribution in [3.8, 4) is 5.75 Å². The highest BCUT2D eigenvalue weighted by atomic mass is 32.2. The molecule has 0 aliphatic rings. The van der Waals surface area contributed by atoms with Crippen LogP contribution in [0.25, 0.3) is 0 Å². The quantitative estimate of drug-likeness (QED) is 0.500. The second kappa shape index (κ2) is 6.58. The maximum absolute atomic E-state index is 13.0. The lowest BCUT2D eigenvalue weighted by atomic mass is 10.3. The molecule has 0 fully saturated rings. The molecule has 7 heteroatoms. The Bertz CT molecular complexity index is 368. The van der Waals surface area contributed by atoms with Crippen molar-refractivity contribution < 1.29 is 22.3 Å². The lowest BCUT2D eigenvalue weighted by Crippen LogP contribution is -2.02. The van der Waals surface area contributed by atoms with Crippen molar-refractivity contribution in [3.63, 3.8) is 0 Å². The molecule has 0 bridgehead atoms. The zero-order valence-corrected chi connectivity index (χ0v) is 10.4. The van der Waals surface area contributed by atoms with Gasteiger partial charge in [0, 0.05) is 6.07 Å². The molecule has 2 N–H and O–H groups in total. The van der Waals surface area contributed by atoms with Crippen molar-refractivity contribution in [2.45, 2.75) is 24.3 Å². The average Bonchev–Trinajstić information content (AvgIpc) is 2.23. The molecule has 17 heavy (non-hydrogen) atoms. The number of benzene rings is 1. The fourth-order valence-electron chi connectivity index (χ4n) is 0.930. The number of nitrogen functional groups attached to an aromatic ring is 1. The van der Waals surface area contributed by atoms with Crippen molar-refractivity contribution in [2.75, 3.05) is 12.8 Å². The third-order valence-corrected chi connectivity index (χ3v) is 2.27. The molecule has 0 unspecified atom stereocenters. The van der Waals surface area contributed by atoms with Crippen molar-refractivity contribution in [1.29, 1.82) is 0 Å². The number of anilines is 1. The van der Waals surface area contributed by atoms with Crippen LogP contribution in [0, 0.1) is 5.82 Å². The van der Waals surface area contributed by atoms with Gasteiger partial charge in [-0.05, 0) is 17.8 Å². The first-order valence-electron chi connectivity index (χ1n) is 4.72. The maximum atomic E-state index is 13.0. The van der Waals surface area contributed by atoms with Crippen LogP contribution in [-0.4, -0.2) is 12.6 Å². The number of rotatable bonds is 2. The van der Waals surface area contributed by atoms with Crippen LogP contribution in [0.3, 0.4) is 0 Å². The number of hydrogen-bond donors (Lipinski definition) is 1. The molecular formula is C10H13F4NOS. The summed E-state index contributed by atoms with van der Waals surface area (Å²) in [5.41, 5.74) is 0.729. The third kappa shape index (κ3) is 5.16. The topological polar surface area (TPSA) is 35.2 Å². The molecule has 2 nitrogen and oxygen atoms in total. The van der Waals surface area contributed by atoms with Crippen LogP contribution in [0.5, 0.6) is 5.75 Å². The number of halogens is 4. The summed E-state index contributed by atoms with van der Waals surface area (Å²) in [4.78, 5) is -0.562. The minimum Gasteiger partial charge on any atom is -0.495 e. The normalized spacial score (nSPS) is 10.5. The fourth-order valence-corrected chi connectivity index (χ4v) is 1.50. The van der Waals surface area contributed by atoms with E-state index in [0.717, 1.165) is 12.1 Å². The van der Waals surface area contributed by atoms with Gasteiger partial charge < -0.3 is 10.5 Å². The Morgan fingerprint density at radius 3 is 2.18 bits per heavy atom. The summed E-state index contributed by atoms with van der Waals surface area (Å²) >= 11 is -0.545. The van der Waals surface area contributed by atoms with Gasteiger partial charge in [-0.15, -0.1) is 0 Å². The fraction of sp³-hybridized carbons (Fsp3) is 0.400. The molecule has 98 valence electrons. The number of alkyl halides is 3. The SMILES string of the molecule is CC.COc1cc(SC(F)(F)F)c(F)cc1N. The van der Waals surface area contributed by atoms with Crippen LogP contribution in [0.4, 0.5) is 23.2 Å². The largest absolute Gasteiger partial charge is 0.495 e. The molecule has 0 aliphatic carbocycles. The Morgan fingerprint density at radius 1 is 1.24 bits per heavy atom. The highest BCUT2D eigenvalue weighted by molar-refractivity contribution is 8.00. The Hall–Kier alpha value is -1.11. The van der Waals surface area contributed by atoms with Crippen LogP contribution in [0.1, 0.15) is 13.8 Å². The van der Waals surface area contributed by atoms with E-state index >= 15 is 0 Å². The number of hydrogen-bond acceptors (Lipinski definition) is 3. The van der Waals surface area contributed by atoms with Crippen molar-refractivity contribution in [1.82, 2.24) is 0 Å². The first-order valence-corrected chi connectivity index (χ1v) is 5.54. The average molecular weight is 271 g/mol. The summed E-state index contributed by atoms with van der Waals surface area (Å²) in [7, 11) is 1.24. The second-order valence-corrected chi connectivity index (χ2v) is 3.68. The summed E-state index contributed by atoms with van der Waals surface area (Å²) < 4.78 is 53.7. The van der Waals surface area contributed by atoms with Gasteiger partial charge in [0.15, 0.2) is 0 Å². The van der Waals surface area contributed by atoms with Gasteiger partial charge in [0.25, 0.3) is 0 Å². The predicted octanol–water partition coefficient (Wildman–Crippen LogP) is 4.05. The first-order chi connectivity index (χ1) is 7.83. The molecule has 0 saturated heterocycles.